The number of aliphatic hydroxyl groups is 1. The van der Waals surface area contributed by atoms with Crippen molar-refractivity contribution in [2.24, 2.45) is 34.8 Å². The zero-order chi connectivity index (χ0) is 31.8. The predicted octanol–water partition coefficient (Wildman–Crippen LogP) is 1.69. The fourth-order valence-electron chi connectivity index (χ4n) is 7.13. The molecule has 0 aliphatic heterocycles. The molecule has 43 heavy (non-hydrogen) atoms. The van der Waals surface area contributed by atoms with E-state index in [-0.39, 0.29) is 36.4 Å². The minimum Gasteiger partial charge on any atom is -0.507 e. The van der Waals surface area contributed by atoms with Crippen LogP contribution in [0.1, 0.15) is 48.7 Å². The van der Waals surface area contributed by atoms with Gasteiger partial charge in [-0.15, -0.1) is 0 Å². The van der Waals surface area contributed by atoms with Crippen molar-refractivity contribution in [3.8, 4) is 16.9 Å². The van der Waals surface area contributed by atoms with Gasteiger partial charge in [0.15, 0.2) is 34.7 Å². The Labute approximate surface area is 249 Å². The Bertz CT molecular complexity index is 1580. The van der Waals surface area contributed by atoms with E-state index in [9.17, 15) is 39.0 Å². The van der Waals surface area contributed by atoms with Gasteiger partial charge in [-0.3, -0.25) is 33.7 Å². The lowest BCUT2D eigenvalue weighted by Crippen LogP contribution is -2.74. The first-order valence-electron chi connectivity index (χ1n) is 14.3. The predicted molar refractivity (Wildman–Crippen MR) is 155 cm³/mol. The van der Waals surface area contributed by atoms with Crippen molar-refractivity contribution >= 4 is 34.8 Å². The number of likely N-dealkylation sites (N-methyl/N-ethyl adjacent to an activating group) is 1. The summed E-state index contributed by atoms with van der Waals surface area (Å²) in [5.41, 5.74) is 4.83. The van der Waals surface area contributed by atoms with E-state index < -0.39 is 69.8 Å². The second kappa shape index (κ2) is 10.3. The van der Waals surface area contributed by atoms with Crippen molar-refractivity contribution in [2.75, 3.05) is 14.1 Å². The molecule has 2 aromatic rings. The first-order chi connectivity index (χ1) is 20.0. The summed E-state index contributed by atoms with van der Waals surface area (Å²) in [6.07, 6.45) is 0.417. The SMILES string of the molecule is CN(C)[C@H]1C(=O)C(C(N)=O)C(=O)[C@]2(O)C(=O)C3C(=O)c4c(O)ccc(-c5ccc(CC(=O)C(C)(C)C)cc5)c4C[C@@H]3C[C@H]12. The average molecular weight is 589 g/mol. The molecule has 0 bridgehead atoms. The highest BCUT2D eigenvalue weighted by molar-refractivity contribution is 6.32. The van der Waals surface area contributed by atoms with E-state index in [1.54, 1.807) is 20.2 Å². The first kappa shape index (κ1) is 30.4. The van der Waals surface area contributed by atoms with Crippen LogP contribution in [-0.4, -0.2) is 75.7 Å². The lowest BCUT2D eigenvalue weighted by atomic mass is 9.52. The van der Waals surface area contributed by atoms with E-state index in [2.05, 4.69) is 0 Å². The molecule has 0 aromatic heterocycles. The second-order valence-electron chi connectivity index (χ2n) is 13.3. The van der Waals surface area contributed by atoms with E-state index in [4.69, 9.17) is 5.73 Å². The van der Waals surface area contributed by atoms with Crippen molar-refractivity contribution in [3.05, 3.63) is 53.1 Å². The molecule has 5 rings (SSSR count). The molecule has 6 atom stereocenters. The minimum atomic E-state index is -2.76. The number of primary amides is 1. The summed E-state index contributed by atoms with van der Waals surface area (Å²) in [6.45, 7) is 5.59. The van der Waals surface area contributed by atoms with E-state index in [0.717, 1.165) is 11.1 Å². The van der Waals surface area contributed by atoms with Crippen LogP contribution in [0, 0.1) is 29.1 Å². The van der Waals surface area contributed by atoms with Crippen molar-refractivity contribution in [3.63, 3.8) is 0 Å². The lowest BCUT2D eigenvalue weighted by molar-refractivity contribution is -0.181. The molecule has 2 unspecified atom stereocenters. The van der Waals surface area contributed by atoms with Crippen LogP contribution in [0.25, 0.3) is 11.1 Å². The van der Waals surface area contributed by atoms with Crippen molar-refractivity contribution in [1.29, 1.82) is 0 Å². The van der Waals surface area contributed by atoms with Gasteiger partial charge in [0, 0.05) is 17.8 Å². The highest BCUT2D eigenvalue weighted by Gasteiger charge is 2.69. The summed E-state index contributed by atoms with van der Waals surface area (Å²) >= 11 is 0. The van der Waals surface area contributed by atoms with E-state index in [1.807, 2.05) is 45.0 Å². The molecule has 2 aromatic carbocycles. The maximum atomic E-state index is 14.0. The molecule has 0 saturated heterocycles. The van der Waals surface area contributed by atoms with Crippen LogP contribution in [0.2, 0.25) is 0 Å². The Morgan fingerprint density at radius 2 is 1.63 bits per heavy atom. The van der Waals surface area contributed by atoms with Crippen molar-refractivity contribution in [2.45, 2.75) is 51.7 Å². The quantitative estimate of drug-likeness (QED) is 0.440. The first-order valence-corrected chi connectivity index (χ1v) is 14.3. The largest absolute Gasteiger partial charge is 0.507 e. The van der Waals surface area contributed by atoms with Crippen LogP contribution in [0.3, 0.4) is 0 Å². The summed E-state index contributed by atoms with van der Waals surface area (Å²) < 4.78 is 0. The Balaban J connectivity index is 1.56. The number of ketones is 5. The smallest absolute Gasteiger partial charge is 0.235 e. The molecular weight excluding hydrogens is 552 g/mol. The van der Waals surface area contributed by atoms with Crippen LogP contribution in [0.4, 0.5) is 0 Å². The van der Waals surface area contributed by atoms with E-state index in [0.29, 0.717) is 11.1 Å². The molecule has 2 saturated carbocycles. The monoisotopic (exact) mass is 588 g/mol. The number of rotatable bonds is 5. The molecule has 10 heteroatoms. The third-order valence-electron chi connectivity index (χ3n) is 9.41. The number of phenols is 1. The zero-order valence-electron chi connectivity index (χ0n) is 24.8. The van der Waals surface area contributed by atoms with Gasteiger partial charge in [0.2, 0.25) is 5.91 Å². The topological polar surface area (TPSA) is 172 Å². The number of nitrogens with two attached hydrogens (primary N) is 1. The Kier molecular flexibility index (Phi) is 7.30. The third-order valence-corrected chi connectivity index (χ3v) is 9.41. The number of nitrogens with zero attached hydrogens (tertiary/aromatic N) is 1. The van der Waals surface area contributed by atoms with Gasteiger partial charge in [-0.05, 0) is 61.2 Å². The molecule has 0 radical (unpaired) electrons. The summed E-state index contributed by atoms with van der Waals surface area (Å²) in [6, 6.07) is 9.25. The van der Waals surface area contributed by atoms with E-state index >= 15 is 0 Å². The number of carbonyl (C=O) groups excluding carboxylic acids is 6. The van der Waals surface area contributed by atoms with Gasteiger partial charge in [0.25, 0.3) is 0 Å². The molecule has 0 heterocycles. The number of fused-ring (bicyclic) bond motifs is 3. The van der Waals surface area contributed by atoms with Gasteiger partial charge in [-0.25, -0.2) is 0 Å². The van der Waals surface area contributed by atoms with Crippen molar-refractivity contribution in [1.82, 2.24) is 4.90 Å². The molecule has 226 valence electrons. The Morgan fingerprint density at radius 1 is 1.00 bits per heavy atom. The molecule has 1 amide bonds. The average Bonchev–Trinajstić information content (AvgIpc) is 2.90. The summed E-state index contributed by atoms with van der Waals surface area (Å²) in [5, 5.41) is 22.5. The fraction of sp³-hybridized carbons (Fsp3) is 0.455. The fourth-order valence-corrected chi connectivity index (χ4v) is 7.13. The van der Waals surface area contributed by atoms with Crippen LogP contribution >= 0.6 is 0 Å². The highest BCUT2D eigenvalue weighted by Crippen LogP contribution is 2.51. The third kappa shape index (κ3) is 4.64. The molecule has 10 nitrogen and oxygen atoms in total. The lowest BCUT2D eigenvalue weighted by Gasteiger charge is -2.52. The number of benzene rings is 2. The molecule has 0 spiro atoms. The van der Waals surface area contributed by atoms with Crippen LogP contribution < -0.4 is 5.73 Å². The maximum Gasteiger partial charge on any atom is 0.235 e. The van der Waals surface area contributed by atoms with Gasteiger partial charge < -0.3 is 15.9 Å². The molecular formula is C33H36N2O8. The molecule has 4 N–H and O–H groups in total. The van der Waals surface area contributed by atoms with Gasteiger partial charge in [0.1, 0.15) is 11.5 Å². The van der Waals surface area contributed by atoms with E-state index in [1.165, 1.54) is 11.0 Å². The van der Waals surface area contributed by atoms with Gasteiger partial charge in [-0.2, -0.15) is 0 Å². The maximum absolute atomic E-state index is 14.0. The van der Waals surface area contributed by atoms with Gasteiger partial charge in [0.05, 0.1) is 17.5 Å². The number of Topliss-reactive ketones (excluding diaryl/α,β-unsaturated/α-hetero) is 5. The minimum absolute atomic E-state index is 0.0210. The second-order valence-corrected chi connectivity index (χ2v) is 13.3. The summed E-state index contributed by atoms with van der Waals surface area (Å²) in [5.74, 6) is -10.7. The van der Waals surface area contributed by atoms with Crippen molar-refractivity contribution < 1.29 is 39.0 Å². The van der Waals surface area contributed by atoms with Crippen LogP contribution in [0.15, 0.2) is 36.4 Å². The molecule has 3 aliphatic carbocycles. The van der Waals surface area contributed by atoms with Crippen LogP contribution in [-0.2, 0) is 36.8 Å². The number of hydrogen-bond acceptors (Lipinski definition) is 9. The Hall–Kier alpha value is -4.02. The van der Waals surface area contributed by atoms with Gasteiger partial charge in [-0.1, -0.05) is 51.1 Å². The highest BCUT2D eigenvalue weighted by atomic mass is 16.3. The number of phenolic OH excluding ortho intramolecular Hbond substituents is 1. The molecule has 3 aliphatic rings. The Morgan fingerprint density at radius 3 is 2.19 bits per heavy atom. The number of aromatic hydroxyl groups is 1. The zero-order valence-corrected chi connectivity index (χ0v) is 24.8. The summed E-state index contributed by atoms with van der Waals surface area (Å²) in [7, 11) is 3.09. The molecule has 2 fully saturated rings. The summed E-state index contributed by atoms with van der Waals surface area (Å²) in [4.78, 5) is 80.7. The number of carbonyl (C=O) groups is 6. The standard InChI is InChI=1S/C33H36N2O8/c1-32(2,3)22(37)12-15-6-8-16(9-7-15)18-10-11-21(36)24-19(18)13-17-14-20-26(35(4)5)28(39)25(31(34)42)30(41)33(20,43)29(40)23(17)27(24)38/h6-11,17,20,23,25-26,36,43H,12-14H2,1-5H3,(H2,34,42)/t17-,20-,23?,25?,26-,33-/m1/s1. The van der Waals surface area contributed by atoms with Crippen LogP contribution in [0.5, 0.6) is 5.75 Å². The normalized spacial score (nSPS) is 28.8. The number of hydrogen-bond donors (Lipinski definition) is 3. The number of amides is 1. The van der Waals surface area contributed by atoms with Gasteiger partial charge >= 0.3 is 0 Å².